The predicted octanol–water partition coefficient (Wildman–Crippen LogP) is -2.22. The number of nitrogens with one attached hydrogen (secondary N) is 4. The number of hydrogen-bond donors (Lipinski definition) is 5. The highest BCUT2D eigenvalue weighted by Gasteiger charge is 2.13. The van der Waals surface area contributed by atoms with E-state index in [0.29, 0.717) is 0 Å². The molecule has 1 saturated heterocycles. The molecule has 1 rings (SSSR count). The molecule has 0 aliphatic carbocycles. The van der Waals surface area contributed by atoms with Gasteiger partial charge in [0.25, 0.3) is 0 Å². The van der Waals surface area contributed by atoms with Gasteiger partial charge in [-0.05, 0) is 6.92 Å². The molecule has 5 heteroatoms. The number of hydrazine groups is 3. The van der Waals surface area contributed by atoms with Crippen LogP contribution in [-0.4, -0.2) is 12.2 Å². The topological polar surface area (TPSA) is 74.1 Å². The molecule has 2 atom stereocenters. The van der Waals surface area contributed by atoms with Crippen LogP contribution in [0.1, 0.15) is 6.92 Å². The van der Waals surface area contributed by atoms with Gasteiger partial charge in [-0.1, -0.05) is 0 Å². The van der Waals surface area contributed by atoms with E-state index in [1.165, 1.54) is 0 Å². The van der Waals surface area contributed by atoms with Crippen LogP contribution in [-0.2, 0) is 0 Å². The summed E-state index contributed by atoms with van der Waals surface area (Å²) in [5.41, 5.74) is 16.5. The van der Waals surface area contributed by atoms with Crippen LogP contribution < -0.4 is 27.7 Å². The molecule has 0 aromatic heterocycles. The Kier molecular flexibility index (Phi) is 1.77. The zero-order valence-corrected chi connectivity index (χ0v) is 4.73. The number of hydrogen-bond acceptors (Lipinski definition) is 5. The highest BCUT2D eigenvalue weighted by Crippen LogP contribution is 1.82. The van der Waals surface area contributed by atoms with Gasteiger partial charge < -0.3 is 5.73 Å². The fraction of sp³-hybridized carbons (Fsp3) is 1.00. The summed E-state index contributed by atoms with van der Waals surface area (Å²) >= 11 is 0. The second kappa shape index (κ2) is 2.38. The SMILES string of the molecule is CC1NNNNC1N. The standard InChI is InChI=1S/C3H11N5/c1-2-3(4)6-8-7-5-2/h2-3,5-8H,4H2,1H3. The Morgan fingerprint density at radius 2 is 1.88 bits per heavy atom. The van der Waals surface area contributed by atoms with Crippen molar-refractivity contribution in [2.45, 2.75) is 19.1 Å². The Bertz CT molecular complexity index is 64.1. The van der Waals surface area contributed by atoms with E-state index < -0.39 is 0 Å². The third-order valence-corrected chi connectivity index (χ3v) is 1.14. The van der Waals surface area contributed by atoms with Gasteiger partial charge in [-0.2, -0.15) is 11.1 Å². The van der Waals surface area contributed by atoms with Crippen LogP contribution >= 0.6 is 0 Å². The minimum absolute atomic E-state index is 0.0313. The Morgan fingerprint density at radius 3 is 2.25 bits per heavy atom. The van der Waals surface area contributed by atoms with Crippen molar-refractivity contribution in [1.29, 1.82) is 0 Å². The van der Waals surface area contributed by atoms with Crippen molar-refractivity contribution in [2.75, 3.05) is 0 Å². The van der Waals surface area contributed by atoms with E-state index >= 15 is 0 Å². The van der Waals surface area contributed by atoms with Crippen molar-refractivity contribution in [3.05, 3.63) is 0 Å². The molecule has 0 radical (unpaired) electrons. The highest BCUT2D eigenvalue weighted by molar-refractivity contribution is 4.70. The fourth-order valence-electron chi connectivity index (χ4n) is 0.484. The molecule has 8 heavy (non-hydrogen) atoms. The van der Waals surface area contributed by atoms with Gasteiger partial charge in [0.1, 0.15) is 0 Å². The van der Waals surface area contributed by atoms with E-state index in [4.69, 9.17) is 5.73 Å². The lowest BCUT2D eigenvalue weighted by Gasteiger charge is -2.28. The first-order valence-corrected chi connectivity index (χ1v) is 2.57. The molecule has 1 heterocycles. The van der Waals surface area contributed by atoms with Crippen molar-refractivity contribution in [2.24, 2.45) is 5.73 Å². The Balaban J connectivity index is 2.28. The third-order valence-electron chi connectivity index (χ3n) is 1.14. The van der Waals surface area contributed by atoms with Gasteiger partial charge in [0, 0.05) is 6.04 Å². The van der Waals surface area contributed by atoms with E-state index in [2.05, 4.69) is 21.9 Å². The lowest BCUT2D eigenvalue weighted by molar-refractivity contribution is 0.205. The summed E-state index contributed by atoms with van der Waals surface area (Å²) in [5.74, 6) is 0. The van der Waals surface area contributed by atoms with Crippen LogP contribution in [0.4, 0.5) is 0 Å². The predicted molar refractivity (Wildman–Crippen MR) is 30.0 cm³/mol. The van der Waals surface area contributed by atoms with Crippen molar-refractivity contribution in [3.8, 4) is 0 Å². The maximum absolute atomic E-state index is 5.50. The second-order valence-electron chi connectivity index (χ2n) is 1.85. The molecule has 0 spiro atoms. The van der Waals surface area contributed by atoms with Crippen molar-refractivity contribution >= 4 is 0 Å². The zero-order valence-electron chi connectivity index (χ0n) is 4.73. The Labute approximate surface area is 47.9 Å². The maximum Gasteiger partial charge on any atom is 0.0859 e. The molecule has 1 aliphatic rings. The molecule has 0 bridgehead atoms. The normalized spacial score (nSPS) is 39.8. The minimum atomic E-state index is -0.0313. The second-order valence-corrected chi connectivity index (χ2v) is 1.85. The maximum atomic E-state index is 5.50. The molecule has 1 aliphatic heterocycles. The summed E-state index contributed by atoms with van der Waals surface area (Å²) in [6.45, 7) is 1.98. The third kappa shape index (κ3) is 1.15. The van der Waals surface area contributed by atoms with Gasteiger partial charge in [-0.25, -0.2) is 10.9 Å². The first-order valence-electron chi connectivity index (χ1n) is 2.57. The Morgan fingerprint density at radius 1 is 1.25 bits per heavy atom. The van der Waals surface area contributed by atoms with Crippen LogP contribution in [0, 0.1) is 0 Å². The summed E-state index contributed by atoms with van der Waals surface area (Å²) in [5, 5.41) is 0. The van der Waals surface area contributed by atoms with Crippen molar-refractivity contribution < 1.29 is 0 Å². The smallest absolute Gasteiger partial charge is 0.0859 e. The molecule has 0 aromatic carbocycles. The van der Waals surface area contributed by atoms with Crippen LogP contribution in [0.25, 0.3) is 0 Å². The number of rotatable bonds is 0. The van der Waals surface area contributed by atoms with Crippen molar-refractivity contribution in [3.63, 3.8) is 0 Å². The summed E-state index contributed by atoms with van der Waals surface area (Å²) in [6.07, 6.45) is -0.0313. The molecule has 48 valence electrons. The quantitative estimate of drug-likeness (QED) is 0.248. The van der Waals surface area contributed by atoms with E-state index in [-0.39, 0.29) is 12.2 Å². The van der Waals surface area contributed by atoms with Gasteiger partial charge in [0.15, 0.2) is 0 Å². The molecule has 0 amide bonds. The van der Waals surface area contributed by atoms with Crippen LogP contribution in [0.15, 0.2) is 0 Å². The first-order chi connectivity index (χ1) is 3.80. The van der Waals surface area contributed by atoms with E-state index in [9.17, 15) is 0 Å². The molecular formula is C3H11N5. The molecule has 0 saturated carbocycles. The first kappa shape index (κ1) is 5.93. The highest BCUT2D eigenvalue weighted by atomic mass is 15.8. The van der Waals surface area contributed by atoms with Gasteiger partial charge in [0.05, 0.1) is 6.17 Å². The molecule has 1 fully saturated rings. The van der Waals surface area contributed by atoms with E-state index in [0.717, 1.165) is 0 Å². The lowest BCUT2D eigenvalue weighted by Crippen LogP contribution is -2.70. The average Bonchev–Trinajstić information content (AvgIpc) is 1.77. The monoisotopic (exact) mass is 117 g/mol. The van der Waals surface area contributed by atoms with Crippen LogP contribution in [0.2, 0.25) is 0 Å². The van der Waals surface area contributed by atoms with Crippen LogP contribution in [0.3, 0.4) is 0 Å². The Hall–Kier alpha value is -0.200. The van der Waals surface area contributed by atoms with Crippen molar-refractivity contribution in [1.82, 2.24) is 21.9 Å². The summed E-state index contributed by atoms with van der Waals surface area (Å²) < 4.78 is 0. The zero-order chi connectivity index (χ0) is 5.98. The van der Waals surface area contributed by atoms with Gasteiger partial charge in [-0.3, -0.25) is 0 Å². The molecule has 6 N–H and O–H groups in total. The largest absolute Gasteiger partial charge is 0.314 e. The molecule has 5 nitrogen and oxygen atoms in total. The van der Waals surface area contributed by atoms with Gasteiger partial charge in [-0.15, -0.1) is 0 Å². The van der Waals surface area contributed by atoms with Crippen LogP contribution in [0.5, 0.6) is 0 Å². The fourth-order valence-corrected chi connectivity index (χ4v) is 0.484. The molecule has 2 unspecified atom stereocenters. The summed E-state index contributed by atoms with van der Waals surface area (Å²) in [6, 6.07) is 0.247. The lowest BCUT2D eigenvalue weighted by atomic mass is 10.3. The average molecular weight is 117 g/mol. The van der Waals surface area contributed by atoms with Gasteiger partial charge >= 0.3 is 0 Å². The molecule has 0 aromatic rings. The number of nitrogens with two attached hydrogens (primary N) is 1. The summed E-state index contributed by atoms with van der Waals surface area (Å²) in [4.78, 5) is 0. The van der Waals surface area contributed by atoms with E-state index in [1.807, 2.05) is 6.92 Å². The van der Waals surface area contributed by atoms with Gasteiger partial charge in [0.2, 0.25) is 0 Å². The minimum Gasteiger partial charge on any atom is -0.314 e. The summed E-state index contributed by atoms with van der Waals surface area (Å²) in [7, 11) is 0. The van der Waals surface area contributed by atoms with E-state index in [1.54, 1.807) is 0 Å². The molecular weight excluding hydrogens is 106 g/mol.